The zero-order valence-corrected chi connectivity index (χ0v) is 12.1. The first kappa shape index (κ1) is 15.8. The van der Waals surface area contributed by atoms with E-state index in [2.05, 4.69) is 0 Å². The highest BCUT2D eigenvalue weighted by Gasteiger charge is 2.09. The number of aliphatic hydroxyl groups excluding tert-OH is 1. The average Bonchev–Trinajstić information content (AvgIpc) is 2.35. The van der Waals surface area contributed by atoms with E-state index in [1.165, 1.54) is 0 Å². The SMILES string of the molecule is CC(O)CCN(C)C(=O)CCOc1cccc(Cl)c1. The van der Waals surface area contributed by atoms with Crippen LogP contribution in [0, 0.1) is 0 Å². The highest BCUT2D eigenvalue weighted by molar-refractivity contribution is 6.30. The van der Waals surface area contributed by atoms with Gasteiger partial charge in [-0.1, -0.05) is 17.7 Å². The van der Waals surface area contributed by atoms with Gasteiger partial charge in [0.25, 0.3) is 0 Å². The molecule has 0 fully saturated rings. The van der Waals surface area contributed by atoms with Crippen molar-refractivity contribution in [3.63, 3.8) is 0 Å². The lowest BCUT2D eigenvalue weighted by atomic mass is 10.2. The van der Waals surface area contributed by atoms with E-state index in [-0.39, 0.29) is 5.91 Å². The van der Waals surface area contributed by atoms with E-state index in [1.54, 1.807) is 43.1 Å². The number of ether oxygens (including phenoxy) is 1. The fraction of sp³-hybridized carbons (Fsp3) is 0.500. The summed E-state index contributed by atoms with van der Waals surface area (Å²) in [6.45, 7) is 2.58. The maximum Gasteiger partial charge on any atom is 0.225 e. The normalized spacial score (nSPS) is 12.0. The van der Waals surface area contributed by atoms with Gasteiger partial charge in [0, 0.05) is 18.6 Å². The Morgan fingerprint density at radius 3 is 2.89 bits per heavy atom. The second kappa shape index (κ2) is 8.02. The predicted molar refractivity (Wildman–Crippen MR) is 75.5 cm³/mol. The van der Waals surface area contributed by atoms with Gasteiger partial charge in [-0.15, -0.1) is 0 Å². The molecule has 0 saturated carbocycles. The topological polar surface area (TPSA) is 49.8 Å². The number of carbonyl (C=O) groups excluding carboxylic acids is 1. The second-order valence-electron chi connectivity index (χ2n) is 4.51. The van der Waals surface area contributed by atoms with Crippen molar-refractivity contribution < 1.29 is 14.6 Å². The van der Waals surface area contributed by atoms with Gasteiger partial charge in [0.2, 0.25) is 5.91 Å². The fourth-order valence-corrected chi connectivity index (χ4v) is 1.69. The maximum atomic E-state index is 11.8. The first-order valence-electron chi connectivity index (χ1n) is 6.29. The summed E-state index contributed by atoms with van der Waals surface area (Å²) in [6.07, 6.45) is 0.498. The highest BCUT2D eigenvalue weighted by atomic mass is 35.5. The molecule has 1 aromatic rings. The summed E-state index contributed by atoms with van der Waals surface area (Å²) >= 11 is 5.83. The molecule has 0 aromatic heterocycles. The van der Waals surface area contributed by atoms with Crippen molar-refractivity contribution in [3.05, 3.63) is 29.3 Å². The van der Waals surface area contributed by atoms with Gasteiger partial charge < -0.3 is 14.7 Å². The molecule has 0 aliphatic carbocycles. The van der Waals surface area contributed by atoms with E-state index in [0.29, 0.717) is 36.8 Å². The predicted octanol–water partition coefficient (Wildman–Crippen LogP) is 2.34. The summed E-state index contributed by atoms with van der Waals surface area (Å²) < 4.78 is 5.45. The Morgan fingerprint density at radius 2 is 2.26 bits per heavy atom. The molecule has 1 amide bonds. The monoisotopic (exact) mass is 285 g/mol. The Kier molecular flexibility index (Phi) is 6.67. The minimum Gasteiger partial charge on any atom is -0.493 e. The van der Waals surface area contributed by atoms with Gasteiger partial charge >= 0.3 is 0 Å². The number of benzene rings is 1. The molecule has 0 heterocycles. The molecular weight excluding hydrogens is 266 g/mol. The van der Waals surface area contributed by atoms with E-state index in [0.717, 1.165) is 0 Å². The molecule has 106 valence electrons. The molecular formula is C14H20ClNO3. The lowest BCUT2D eigenvalue weighted by molar-refractivity contribution is -0.130. The van der Waals surface area contributed by atoms with Gasteiger partial charge in [0.1, 0.15) is 5.75 Å². The van der Waals surface area contributed by atoms with E-state index in [1.807, 2.05) is 0 Å². The van der Waals surface area contributed by atoms with Gasteiger partial charge in [-0.2, -0.15) is 0 Å². The molecule has 5 heteroatoms. The van der Waals surface area contributed by atoms with Crippen LogP contribution in [0.1, 0.15) is 19.8 Å². The van der Waals surface area contributed by atoms with Crippen LogP contribution in [0.3, 0.4) is 0 Å². The molecule has 4 nitrogen and oxygen atoms in total. The number of hydrogen-bond acceptors (Lipinski definition) is 3. The average molecular weight is 286 g/mol. The quantitative estimate of drug-likeness (QED) is 0.836. The third kappa shape index (κ3) is 6.45. The minimum atomic E-state index is -0.391. The Hall–Kier alpha value is -1.26. The van der Waals surface area contributed by atoms with Crippen molar-refractivity contribution in [2.45, 2.75) is 25.9 Å². The largest absolute Gasteiger partial charge is 0.493 e. The molecule has 1 N–H and O–H groups in total. The van der Waals surface area contributed by atoms with Crippen LogP contribution in [-0.4, -0.2) is 42.2 Å². The number of rotatable bonds is 7. The number of aliphatic hydroxyl groups is 1. The third-order valence-corrected chi connectivity index (χ3v) is 2.92. The molecule has 0 bridgehead atoms. The molecule has 19 heavy (non-hydrogen) atoms. The lowest BCUT2D eigenvalue weighted by Gasteiger charge is -2.18. The van der Waals surface area contributed by atoms with Gasteiger partial charge in [-0.25, -0.2) is 0 Å². The number of halogens is 1. The van der Waals surface area contributed by atoms with E-state index in [4.69, 9.17) is 21.4 Å². The number of nitrogens with zero attached hydrogens (tertiary/aromatic N) is 1. The summed E-state index contributed by atoms with van der Waals surface area (Å²) in [7, 11) is 1.73. The molecule has 0 saturated heterocycles. The van der Waals surface area contributed by atoms with Crippen LogP contribution in [0.5, 0.6) is 5.75 Å². The molecule has 1 aromatic carbocycles. The Balaban J connectivity index is 2.26. The fourth-order valence-electron chi connectivity index (χ4n) is 1.51. The molecule has 0 aliphatic heterocycles. The summed E-state index contributed by atoms with van der Waals surface area (Å²) in [6, 6.07) is 7.08. The zero-order chi connectivity index (χ0) is 14.3. The molecule has 0 aliphatic rings. The standard InChI is InChI=1S/C14H20ClNO3/c1-11(17)6-8-16(2)14(18)7-9-19-13-5-3-4-12(15)10-13/h3-5,10-11,17H,6-9H2,1-2H3. The van der Waals surface area contributed by atoms with Gasteiger partial charge in [0.15, 0.2) is 0 Å². The van der Waals surface area contributed by atoms with Crippen LogP contribution in [0.2, 0.25) is 5.02 Å². The Bertz CT molecular complexity index is 409. The van der Waals surface area contributed by atoms with Crippen LogP contribution in [-0.2, 0) is 4.79 Å². The van der Waals surface area contributed by atoms with Crippen LogP contribution in [0.25, 0.3) is 0 Å². The van der Waals surface area contributed by atoms with E-state index in [9.17, 15) is 4.79 Å². The second-order valence-corrected chi connectivity index (χ2v) is 4.95. The minimum absolute atomic E-state index is 0.00248. The molecule has 1 rings (SSSR count). The Labute approximate surface area is 118 Å². The van der Waals surface area contributed by atoms with Gasteiger partial charge in [-0.3, -0.25) is 4.79 Å². The van der Waals surface area contributed by atoms with Crippen molar-refractivity contribution in [1.29, 1.82) is 0 Å². The van der Waals surface area contributed by atoms with Gasteiger partial charge in [-0.05, 0) is 31.5 Å². The number of amides is 1. The maximum absolute atomic E-state index is 11.8. The summed E-state index contributed by atoms with van der Waals surface area (Å²) in [5.74, 6) is 0.662. The van der Waals surface area contributed by atoms with Crippen LogP contribution in [0.4, 0.5) is 0 Å². The summed E-state index contributed by atoms with van der Waals surface area (Å²) in [4.78, 5) is 13.4. The van der Waals surface area contributed by atoms with E-state index >= 15 is 0 Å². The van der Waals surface area contributed by atoms with Gasteiger partial charge in [0.05, 0.1) is 19.1 Å². The molecule has 1 atom stereocenters. The zero-order valence-electron chi connectivity index (χ0n) is 11.3. The smallest absolute Gasteiger partial charge is 0.225 e. The summed E-state index contributed by atoms with van der Waals surface area (Å²) in [5.41, 5.74) is 0. The first-order chi connectivity index (χ1) is 8.99. The van der Waals surface area contributed by atoms with E-state index < -0.39 is 6.10 Å². The van der Waals surface area contributed by atoms with Crippen LogP contribution in [0.15, 0.2) is 24.3 Å². The van der Waals surface area contributed by atoms with Crippen LogP contribution >= 0.6 is 11.6 Å². The lowest BCUT2D eigenvalue weighted by Crippen LogP contribution is -2.30. The van der Waals surface area contributed by atoms with Crippen molar-refractivity contribution in [3.8, 4) is 5.75 Å². The van der Waals surface area contributed by atoms with Crippen molar-refractivity contribution >= 4 is 17.5 Å². The number of hydrogen-bond donors (Lipinski definition) is 1. The molecule has 0 spiro atoms. The molecule has 0 radical (unpaired) electrons. The first-order valence-corrected chi connectivity index (χ1v) is 6.67. The van der Waals surface area contributed by atoms with Crippen molar-refractivity contribution in [1.82, 2.24) is 4.90 Å². The Morgan fingerprint density at radius 1 is 1.53 bits per heavy atom. The number of carbonyl (C=O) groups is 1. The third-order valence-electron chi connectivity index (χ3n) is 2.69. The molecule has 1 unspecified atom stereocenters. The van der Waals surface area contributed by atoms with Crippen molar-refractivity contribution in [2.75, 3.05) is 20.2 Å². The highest BCUT2D eigenvalue weighted by Crippen LogP contribution is 2.17. The van der Waals surface area contributed by atoms with Crippen LogP contribution < -0.4 is 4.74 Å². The summed E-state index contributed by atoms with van der Waals surface area (Å²) in [5, 5.41) is 9.77. The van der Waals surface area contributed by atoms with Crippen molar-refractivity contribution in [2.24, 2.45) is 0 Å².